The zero-order chi connectivity index (χ0) is 10.1. The highest BCUT2D eigenvalue weighted by molar-refractivity contribution is 4.77. The van der Waals surface area contributed by atoms with Crippen LogP contribution in [-0.2, 0) is 4.74 Å². The summed E-state index contributed by atoms with van der Waals surface area (Å²) in [5, 5.41) is 0. The molecule has 0 aliphatic heterocycles. The van der Waals surface area contributed by atoms with E-state index >= 15 is 0 Å². The van der Waals surface area contributed by atoms with Gasteiger partial charge in [-0.25, -0.2) is 4.79 Å². The van der Waals surface area contributed by atoms with Gasteiger partial charge in [0.15, 0.2) is 0 Å². The van der Waals surface area contributed by atoms with Crippen molar-refractivity contribution >= 4 is 0 Å². The predicted octanol–water partition coefficient (Wildman–Crippen LogP) is 0.106. The Morgan fingerprint density at radius 1 is 1.31 bits per heavy atom. The maximum absolute atomic E-state index is 10.2. The number of hydrogen-bond acceptors (Lipinski definition) is 3. The van der Waals surface area contributed by atoms with Crippen LogP contribution in [0.15, 0.2) is 21.9 Å². The van der Waals surface area contributed by atoms with E-state index < -0.39 is 5.69 Å². The van der Waals surface area contributed by atoms with Crippen LogP contribution in [0.4, 0.5) is 0 Å². The summed E-state index contributed by atoms with van der Waals surface area (Å²) in [6, 6.07) is 1.24. The topological polar surface area (TPSA) is 75.0 Å². The van der Waals surface area contributed by atoms with Crippen LogP contribution in [0.5, 0.6) is 0 Å². The van der Waals surface area contributed by atoms with Gasteiger partial charge in [0.25, 0.3) is 5.56 Å². The van der Waals surface area contributed by atoms with Crippen LogP contribution < -0.4 is 11.2 Å². The number of nitrogens with one attached hydrogen (secondary N) is 2. The highest BCUT2D eigenvalue weighted by atomic mass is 16.5. The third-order valence-corrected chi connectivity index (χ3v) is 1.09. The van der Waals surface area contributed by atoms with Crippen LogP contribution in [0, 0.1) is 0 Å². The first-order chi connectivity index (χ1) is 6.20. The van der Waals surface area contributed by atoms with E-state index in [2.05, 4.69) is 4.98 Å². The quantitative estimate of drug-likeness (QED) is 0.688. The van der Waals surface area contributed by atoms with Crippen molar-refractivity contribution in [3.63, 3.8) is 0 Å². The third-order valence-electron chi connectivity index (χ3n) is 1.09. The van der Waals surface area contributed by atoms with Crippen LogP contribution in [0.25, 0.3) is 0 Å². The summed E-state index contributed by atoms with van der Waals surface area (Å²) in [5.74, 6) is 0. The minimum Gasteiger partial charge on any atom is -0.382 e. The normalized spacial score (nSPS) is 8.77. The van der Waals surface area contributed by atoms with E-state index in [0.717, 1.165) is 13.2 Å². The number of ether oxygens (including phenoxy) is 1. The van der Waals surface area contributed by atoms with Crippen LogP contribution in [0.3, 0.4) is 0 Å². The minimum absolute atomic E-state index is 0.381. The lowest BCUT2D eigenvalue weighted by molar-refractivity contribution is 0.162. The van der Waals surface area contributed by atoms with Gasteiger partial charge in [-0.1, -0.05) is 0 Å². The second-order valence-corrected chi connectivity index (χ2v) is 2.08. The molecule has 0 spiro atoms. The highest BCUT2D eigenvalue weighted by Gasteiger charge is 1.77. The lowest BCUT2D eigenvalue weighted by Gasteiger charge is -1.86. The van der Waals surface area contributed by atoms with E-state index in [1.165, 1.54) is 12.3 Å². The standard InChI is InChI=1S/C4H4N2O2.C4H10O/c7-3-1-2-5-4(8)6-3;1-3-5-4-2/h1-2H,(H2,5,6,7,8);3-4H2,1-2H3. The van der Waals surface area contributed by atoms with E-state index in [1.807, 2.05) is 18.8 Å². The fraction of sp³-hybridized carbons (Fsp3) is 0.500. The molecule has 5 heteroatoms. The van der Waals surface area contributed by atoms with Gasteiger partial charge >= 0.3 is 5.69 Å². The van der Waals surface area contributed by atoms with E-state index in [9.17, 15) is 9.59 Å². The second-order valence-electron chi connectivity index (χ2n) is 2.08. The summed E-state index contributed by atoms with van der Waals surface area (Å²) in [7, 11) is 0. The number of rotatable bonds is 2. The van der Waals surface area contributed by atoms with Gasteiger partial charge in [-0.15, -0.1) is 0 Å². The van der Waals surface area contributed by atoms with Crippen molar-refractivity contribution in [3.8, 4) is 0 Å². The van der Waals surface area contributed by atoms with E-state index in [-0.39, 0.29) is 5.56 Å². The number of aromatic amines is 2. The van der Waals surface area contributed by atoms with Crippen LogP contribution in [0.2, 0.25) is 0 Å². The van der Waals surface area contributed by atoms with Crippen molar-refractivity contribution in [2.24, 2.45) is 0 Å². The monoisotopic (exact) mass is 186 g/mol. The molecular weight excluding hydrogens is 172 g/mol. The Balaban J connectivity index is 0.000000252. The van der Waals surface area contributed by atoms with Crippen molar-refractivity contribution in [2.45, 2.75) is 13.8 Å². The fourth-order valence-electron chi connectivity index (χ4n) is 0.587. The average Bonchev–Trinajstić information content (AvgIpc) is 2.06. The Labute approximate surface area is 75.8 Å². The molecule has 2 N–H and O–H groups in total. The lowest BCUT2D eigenvalue weighted by atomic mass is 10.7. The van der Waals surface area contributed by atoms with Crippen molar-refractivity contribution in [1.29, 1.82) is 0 Å². The Hall–Kier alpha value is -1.36. The molecule has 1 aromatic rings. The van der Waals surface area contributed by atoms with Gasteiger partial charge in [0, 0.05) is 25.5 Å². The van der Waals surface area contributed by atoms with E-state index in [1.54, 1.807) is 0 Å². The molecule has 0 saturated carbocycles. The van der Waals surface area contributed by atoms with E-state index in [4.69, 9.17) is 4.74 Å². The van der Waals surface area contributed by atoms with E-state index in [0.29, 0.717) is 0 Å². The average molecular weight is 186 g/mol. The van der Waals surface area contributed by atoms with Crippen LogP contribution in [0.1, 0.15) is 13.8 Å². The molecule has 0 radical (unpaired) electrons. The maximum Gasteiger partial charge on any atom is 0.325 e. The highest BCUT2D eigenvalue weighted by Crippen LogP contribution is 1.64. The molecule has 0 saturated heterocycles. The van der Waals surface area contributed by atoms with Crippen LogP contribution >= 0.6 is 0 Å². The molecule has 0 aromatic carbocycles. The molecule has 1 heterocycles. The first kappa shape index (κ1) is 11.6. The van der Waals surface area contributed by atoms with Gasteiger partial charge in [-0.05, 0) is 13.8 Å². The van der Waals surface area contributed by atoms with Gasteiger partial charge in [0.05, 0.1) is 0 Å². The van der Waals surface area contributed by atoms with Gasteiger partial charge in [0.1, 0.15) is 0 Å². The number of aromatic nitrogens is 2. The predicted molar refractivity (Wildman–Crippen MR) is 49.9 cm³/mol. The number of H-pyrrole nitrogens is 2. The van der Waals surface area contributed by atoms with Gasteiger partial charge in [-0.3, -0.25) is 9.78 Å². The van der Waals surface area contributed by atoms with Crippen molar-refractivity contribution in [2.75, 3.05) is 13.2 Å². The first-order valence-electron chi connectivity index (χ1n) is 4.06. The summed E-state index contributed by atoms with van der Waals surface area (Å²) < 4.78 is 4.83. The summed E-state index contributed by atoms with van der Waals surface area (Å²) in [5.41, 5.74) is -0.855. The third kappa shape index (κ3) is 7.02. The Morgan fingerprint density at radius 3 is 2.15 bits per heavy atom. The summed E-state index contributed by atoms with van der Waals surface area (Å²) >= 11 is 0. The Bertz CT molecular complexity index is 288. The zero-order valence-electron chi connectivity index (χ0n) is 7.79. The summed E-state index contributed by atoms with van der Waals surface area (Å²) in [4.78, 5) is 24.7. The first-order valence-corrected chi connectivity index (χ1v) is 4.06. The summed E-state index contributed by atoms with van der Waals surface area (Å²) in [6.07, 6.45) is 1.29. The maximum atomic E-state index is 10.2. The molecule has 1 aromatic heterocycles. The van der Waals surface area contributed by atoms with Gasteiger partial charge in [-0.2, -0.15) is 0 Å². The van der Waals surface area contributed by atoms with Crippen molar-refractivity contribution in [3.05, 3.63) is 33.1 Å². The zero-order valence-corrected chi connectivity index (χ0v) is 7.79. The Kier molecular flexibility index (Phi) is 6.53. The molecule has 0 unspecified atom stereocenters. The Morgan fingerprint density at radius 2 is 1.92 bits per heavy atom. The van der Waals surface area contributed by atoms with Crippen molar-refractivity contribution in [1.82, 2.24) is 9.97 Å². The summed E-state index contributed by atoms with van der Waals surface area (Å²) in [6.45, 7) is 5.67. The molecule has 0 amide bonds. The molecule has 13 heavy (non-hydrogen) atoms. The molecule has 0 aliphatic carbocycles. The molecule has 74 valence electrons. The van der Waals surface area contributed by atoms with Gasteiger partial charge in [0.2, 0.25) is 0 Å². The molecule has 0 atom stereocenters. The van der Waals surface area contributed by atoms with Crippen LogP contribution in [-0.4, -0.2) is 23.2 Å². The molecule has 5 nitrogen and oxygen atoms in total. The molecular formula is C8H14N2O3. The fourth-order valence-corrected chi connectivity index (χ4v) is 0.587. The molecule has 0 bridgehead atoms. The number of hydrogen-bond donors (Lipinski definition) is 2. The largest absolute Gasteiger partial charge is 0.382 e. The van der Waals surface area contributed by atoms with Gasteiger partial charge < -0.3 is 9.72 Å². The second kappa shape index (κ2) is 7.30. The van der Waals surface area contributed by atoms with Crippen molar-refractivity contribution < 1.29 is 4.74 Å². The lowest BCUT2D eigenvalue weighted by Crippen LogP contribution is -2.19. The molecule has 0 aliphatic rings. The SMILES string of the molecule is CCOCC.O=c1cc[nH]c(=O)[nH]1. The minimum atomic E-state index is -0.475. The smallest absolute Gasteiger partial charge is 0.325 e. The molecule has 0 fully saturated rings. The molecule has 1 rings (SSSR count).